The van der Waals surface area contributed by atoms with Gasteiger partial charge in [0.25, 0.3) is 0 Å². The van der Waals surface area contributed by atoms with Gasteiger partial charge in [-0.25, -0.2) is 9.37 Å². The molecule has 0 saturated heterocycles. The van der Waals surface area contributed by atoms with Crippen molar-refractivity contribution in [3.63, 3.8) is 0 Å². The van der Waals surface area contributed by atoms with Gasteiger partial charge in [0.2, 0.25) is 0 Å². The maximum absolute atomic E-state index is 12.4. The van der Waals surface area contributed by atoms with E-state index in [0.29, 0.717) is 0 Å². The molecule has 1 N–H and O–H groups in total. The largest absolute Gasteiger partial charge is 0.573 e. The first kappa shape index (κ1) is 14.9. The molecule has 4 nitrogen and oxygen atoms in total. The highest BCUT2D eigenvalue weighted by Gasteiger charge is 2.34. The van der Waals surface area contributed by atoms with Crippen molar-refractivity contribution in [2.24, 2.45) is 0 Å². The monoisotopic (exact) mass is 379 g/mol. The fourth-order valence-electron chi connectivity index (χ4n) is 1.19. The fourth-order valence-corrected chi connectivity index (χ4v) is 1.96. The van der Waals surface area contributed by atoms with Gasteiger partial charge in [0.15, 0.2) is 5.75 Å². The lowest BCUT2D eigenvalue weighted by atomic mass is 10.1. The van der Waals surface area contributed by atoms with E-state index >= 15 is 0 Å². The third kappa shape index (κ3) is 4.27. The van der Waals surface area contributed by atoms with Crippen LogP contribution in [0.5, 0.6) is 5.75 Å². The average Bonchev–Trinajstić information content (AvgIpc) is 2.20. The van der Waals surface area contributed by atoms with Gasteiger partial charge >= 0.3 is 12.3 Å². The molecule has 100 valence electrons. The van der Waals surface area contributed by atoms with Crippen LogP contribution in [0.3, 0.4) is 0 Å². The summed E-state index contributed by atoms with van der Waals surface area (Å²) < 4.78 is 52.3. The van der Waals surface area contributed by atoms with Crippen LogP contribution in [0.1, 0.15) is 11.3 Å². The molecule has 0 bridgehead atoms. The molecule has 0 aromatic carbocycles. The number of carbonyl (C=O) groups is 1. The predicted octanol–water partition coefficient (Wildman–Crippen LogP) is 2.68. The highest BCUT2D eigenvalue weighted by molar-refractivity contribution is 14.1. The van der Waals surface area contributed by atoms with Crippen molar-refractivity contribution in [1.82, 2.24) is 4.98 Å². The lowest BCUT2D eigenvalue weighted by Gasteiger charge is -2.14. The first-order valence-corrected chi connectivity index (χ1v) is 5.52. The summed E-state index contributed by atoms with van der Waals surface area (Å²) in [4.78, 5) is 14.1. The van der Waals surface area contributed by atoms with E-state index in [-0.39, 0.29) is 15.0 Å². The summed E-state index contributed by atoms with van der Waals surface area (Å²) >= 11 is 1.43. The molecule has 1 heterocycles. The van der Waals surface area contributed by atoms with Crippen LogP contribution in [0, 0.1) is 3.70 Å². The Labute approximate surface area is 112 Å². The van der Waals surface area contributed by atoms with Crippen LogP contribution in [0.2, 0.25) is 0 Å². The molecule has 0 unspecified atom stereocenters. The molecule has 18 heavy (non-hydrogen) atoms. The first-order chi connectivity index (χ1) is 8.23. The SMILES string of the molecule is O=C(O)Cc1cc(CF)nc(I)c1OC(F)(F)F. The Morgan fingerprint density at radius 1 is 1.50 bits per heavy atom. The Bertz CT molecular complexity index is 464. The van der Waals surface area contributed by atoms with Crippen molar-refractivity contribution in [3.8, 4) is 5.75 Å². The summed E-state index contributed by atoms with van der Waals surface area (Å²) in [6.45, 7) is -1.01. The summed E-state index contributed by atoms with van der Waals surface area (Å²) in [5, 5.41) is 8.59. The quantitative estimate of drug-likeness (QED) is 0.497. The van der Waals surface area contributed by atoms with Gasteiger partial charge in [0.1, 0.15) is 10.4 Å². The van der Waals surface area contributed by atoms with Crippen LogP contribution in [0.15, 0.2) is 6.07 Å². The second kappa shape index (κ2) is 5.67. The number of aliphatic carboxylic acids is 1. The molecule has 0 radical (unpaired) electrons. The molecule has 1 aromatic heterocycles. The summed E-state index contributed by atoms with van der Waals surface area (Å²) in [7, 11) is 0. The minimum absolute atomic E-state index is 0.148. The Morgan fingerprint density at radius 2 is 2.11 bits per heavy atom. The van der Waals surface area contributed by atoms with E-state index in [1.807, 2.05) is 0 Å². The number of ether oxygens (including phenoxy) is 1. The average molecular weight is 379 g/mol. The topological polar surface area (TPSA) is 59.4 Å². The maximum atomic E-state index is 12.4. The number of aromatic nitrogens is 1. The van der Waals surface area contributed by atoms with Crippen LogP contribution in [-0.4, -0.2) is 22.4 Å². The van der Waals surface area contributed by atoms with Crippen molar-refractivity contribution in [2.75, 3.05) is 0 Å². The summed E-state index contributed by atoms with van der Waals surface area (Å²) in [5.41, 5.74) is -0.419. The lowest BCUT2D eigenvalue weighted by molar-refractivity contribution is -0.275. The van der Waals surface area contributed by atoms with Crippen LogP contribution in [0.25, 0.3) is 0 Å². The Hall–Kier alpha value is -1.13. The zero-order valence-corrected chi connectivity index (χ0v) is 10.7. The highest BCUT2D eigenvalue weighted by atomic mass is 127. The van der Waals surface area contributed by atoms with Crippen molar-refractivity contribution in [3.05, 3.63) is 21.0 Å². The van der Waals surface area contributed by atoms with Gasteiger partial charge < -0.3 is 9.84 Å². The number of pyridine rings is 1. The van der Waals surface area contributed by atoms with E-state index in [9.17, 15) is 22.4 Å². The number of halogens is 5. The molecule has 0 amide bonds. The van der Waals surface area contributed by atoms with Crippen molar-refractivity contribution in [2.45, 2.75) is 19.5 Å². The van der Waals surface area contributed by atoms with Gasteiger partial charge in [-0.2, -0.15) is 0 Å². The second-order valence-electron chi connectivity index (χ2n) is 3.14. The molecule has 0 aliphatic rings. The van der Waals surface area contributed by atoms with E-state index in [2.05, 4.69) is 9.72 Å². The zero-order chi connectivity index (χ0) is 13.9. The molecule has 9 heteroatoms. The Morgan fingerprint density at radius 3 is 2.56 bits per heavy atom. The van der Waals surface area contributed by atoms with Crippen molar-refractivity contribution < 1.29 is 32.2 Å². The lowest BCUT2D eigenvalue weighted by Crippen LogP contribution is -2.20. The molecule has 0 aliphatic carbocycles. The molecule has 0 spiro atoms. The van der Waals surface area contributed by atoms with E-state index in [0.717, 1.165) is 6.07 Å². The van der Waals surface area contributed by atoms with Gasteiger partial charge in [-0.1, -0.05) is 0 Å². The predicted molar refractivity (Wildman–Crippen MR) is 59.8 cm³/mol. The minimum Gasteiger partial charge on any atom is -0.481 e. The molecule has 0 aliphatic heterocycles. The molecule has 1 rings (SSSR count). The van der Waals surface area contributed by atoms with Gasteiger partial charge in [0.05, 0.1) is 12.1 Å². The van der Waals surface area contributed by atoms with Crippen molar-refractivity contribution >= 4 is 28.6 Å². The number of alkyl halides is 4. The van der Waals surface area contributed by atoms with Crippen LogP contribution in [-0.2, 0) is 17.9 Å². The Kier molecular flexibility index (Phi) is 4.71. The van der Waals surface area contributed by atoms with Crippen LogP contribution in [0.4, 0.5) is 17.6 Å². The number of nitrogens with zero attached hydrogens (tertiary/aromatic N) is 1. The van der Waals surface area contributed by atoms with E-state index in [1.165, 1.54) is 22.6 Å². The number of carboxylic acid groups (broad SMARTS) is 1. The molecule has 0 fully saturated rings. The maximum Gasteiger partial charge on any atom is 0.573 e. The number of hydrogen-bond donors (Lipinski definition) is 1. The molecular weight excluding hydrogens is 373 g/mol. The van der Waals surface area contributed by atoms with Gasteiger partial charge in [0, 0.05) is 5.56 Å². The smallest absolute Gasteiger partial charge is 0.481 e. The molecule has 0 atom stereocenters. The van der Waals surface area contributed by atoms with Crippen molar-refractivity contribution in [1.29, 1.82) is 0 Å². The summed E-state index contributed by atoms with van der Waals surface area (Å²) in [5.74, 6) is -2.06. The number of hydrogen-bond acceptors (Lipinski definition) is 3. The summed E-state index contributed by atoms with van der Waals surface area (Å²) in [6.07, 6.45) is -5.68. The van der Waals surface area contributed by atoms with Gasteiger partial charge in [-0.15, -0.1) is 13.2 Å². The number of rotatable bonds is 4. The fraction of sp³-hybridized carbons (Fsp3) is 0.333. The minimum atomic E-state index is -4.97. The van der Waals surface area contributed by atoms with Gasteiger partial charge in [-0.05, 0) is 28.7 Å². The van der Waals surface area contributed by atoms with E-state index in [1.54, 1.807) is 0 Å². The number of carboxylic acids is 1. The van der Waals surface area contributed by atoms with Crippen LogP contribution >= 0.6 is 22.6 Å². The van der Waals surface area contributed by atoms with E-state index < -0.39 is 31.2 Å². The summed E-state index contributed by atoms with van der Waals surface area (Å²) in [6, 6.07) is 0.942. The standard InChI is InChI=1S/C9H6F4INO3/c10-3-5-1-4(2-6(16)17)7(8(14)15-5)18-9(11,12)13/h1H,2-3H2,(H,16,17). The second-order valence-corrected chi connectivity index (χ2v) is 4.17. The van der Waals surface area contributed by atoms with E-state index in [4.69, 9.17) is 5.11 Å². The highest BCUT2D eigenvalue weighted by Crippen LogP contribution is 2.31. The molecular formula is C9H6F4INO3. The molecule has 1 aromatic rings. The first-order valence-electron chi connectivity index (χ1n) is 4.44. The zero-order valence-electron chi connectivity index (χ0n) is 8.59. The third-order valence-electron chi connectivity index (χ3n) is 1.76. The molecule has 0 saturated carbocycles. The van der Waals surface area contributed by atoms with Gasteiger partial charge in [-0.3, -0.25) is 4.79 Å². The normalized spacial score (nSPS) is 11.4. The van der Waals surface area contributed by atoms with Crippen LogP contribution < -0.4 is 4.74 Å². The third-order valence-corrected chi connectivity index (χ3v) is 2.49. The Balaban J connectivity index is 3.24.